The van der Waals surface area contributed by atoms with Gasteiger partial charge in [-0.3, -0.25) is 14.6 Å². The first kappa shape index (κ1) is 12.5. The molecule has 1 aromatic heterocycles. The molecular weight excluding hydrogens is 252 g/mol. The van der Waals surface area contributed by atoms with Crippen LogP contribution in [-0.2, 0) is 14.1 Å². The normalized spacial score (nSPS) is 16.1. The topological polar surface area (TPSA) is 54.8 Å². The summed E-state index contributed by atoms with van der Waals surface area (Å²) in [6.45, 7) is 0. The number of hydrogen-bond acceptors (Lipinski definition) is 3. The second-order valence-corrected chi connectivity index (χ2v) is 4.73. The molecule has 0 radical (unpaired) electrons. The Morgan fingerprint density at radius 1 is 1.20 bits per heavy atom. The standard InChI is InChI=1S/C15H16N4O/c1-16-15-18(2)13(14(20)19(15)3)8-10-9-17-12-7-5-4-6-11(10)12/h4-9,20H,1-3H3/b10-8-,16-15?. The Morgan fingerprint density at radius 3 is 2.65 bits per heavy atom. The molecule has 5 heteroatoms. The molecule has 0 atom stereocenters. The summed E-state index contributed by atoms with van der Waals surface area (Å²) >= 11 is 0. The fourth-order valence-corrected chi connectivity index (χ4v) is 2.51. The van der Waals surface area contributed by atoms with Crippen LogP contribution in [0.15, 0.2) is 34.3 Å². The summed E-state index contributed by atoms with van der Waals surface area (Å²) in [5, 5.41) is 10.2. The summed E-state index contributed by atoms with van der Waals surface area (Å²) in [5.41, 5.74) is 4.44. The molecule has 1 N–H and O–H groups in total. The van der Waals surface area contributed by atoms with Gasteiger partial charge in [0.05, 0.1) is 5.69 Å². The largest absolute Gasteiger partial charge is 0.493 e. The van der Waals surface area contributed by atoms with E-state index in [-0.39, 0.29) is 5.88 Å². The number of fused-ring (bicyclic) bond motifs is 1. The third-order valence-electron chi connectivity index (χ3n) is 3.56. The molecule has 3 rings (SSSR count). The zero-order valence-electron chi connectivity index (χ0n) is 11.7. The quantitative estimate of drug-likeness (QED) is 0.843. The highest BCUT2D eigenvalue weighted by atomic mass is 16.3. The van der Waals surface area contributed by atoms with Gasteiger partial charge in [-0.15, -0.1) is 0 Å². The van der Waals surface area contributed by atoms with Crippen molar-refractivity contribution in [1.29, 1.82) is 0 Å². The molecule has 1 aromatic carbocycles. The molecule has 0 unspecified atom stereocenters. The van der Waals surface area contributed by atoms with Crippen LogP contribution in [0.1, 0.15) is 11.3 Å². The maximum atomic E-state index is 10.2. The van der Waals surface area contributed by atoms with Gasteiger partial charge in [-0.25, -0.2) is 0 Å². The van der Waals surface area contributed by atoms with Crippen LogP contribution >= 0.6 is 0 Å². The van der Waals surface area contributed by atoms with Crippen molar-refractivity contribution in [2.45, 2.75) is 0 Å². The van der Waals surface area contributed by atoms with Gasteiger partial charge < -0.3 is 9.67 Å². The second-order valence-electron chi connectivity index (χ2n) is 4.73. The van der Waals surface area contributed by atoms with Crippen LogP contribution in [0.3, 0.4) is 0 Å². The van der Waals surface area contributed by atoms with Gasteiger partial charge in [0.2, 0.25) is 11.5 Å². The van der Waals surface area contributed by atoms with Crippen LogP contribution < -0.4 is 5.62 Å². The second kappa shape index (κ2) is 4.52. The first-order chi connectivity index (χ1) is 9.63. The Labute approximate surface area is 116 Å². The molecule has 0 amide bonds. The lowest BCUT2D eigenvalue weighted by Crippen LogP contribution is -2.22. The molecule has 102 valence electrons. The average molecular weight is 268 g/mol. The monoisotopic (exact) mass is 268 g/mol. The van der Waals surface area contributed by atoms with Gasteiger partial charge in [-0.1, -0.05) is 18.2 Å². The van der Waals surface area contributed by atoms with E-state index in [4.69, 9.17) is 0 Å². The summed E-state index contributed by atoms with van der Waals surface area (Å²) in [5.74, 6) is 0.193. The van der Waals surface area contributed by atoms with E-state index in [1.165, 1.54) is 0 Å². The number of aromatic nitrogens is 2. The van der Waals surface area contributed by atoms with Crippen LogP contribution in [0.2, 0.25) is 0 Å². The lowest BCUT2D eigenvalue weighted by Gasteiger charge is -2.00. The van der Waals surface area contributed by atoms with E-state index < -0.39 is 0 Å². The SMILES string of the molecule is CN=c1n(C)c(O)c(/C=C2/C=Nc3ccccc32)n1C. The summed E-state index contributed by atoms with van der Waals surface area (Å²) < 4.78 is 3.52. The molecule has 0 saturated heterocycles. The van der Waals surface area contributed by atoms with Gasteiger partial charge in [-0.2, -0.15) is 0 Å². The lowest BCUT2D eigenvalue weighted by molar-refractivity contribution is 0.427. The van der Waals surface area contributed by atoms with Crippen molar-refractivity contribution in [2.24, 2.45) is 24.1 Å². The molecule has 2 aromatic rings. The molecule has 1 aliphatic heterocycles. The first-order valence-electron chi connectivity index (χ1n) is 6.36. The van der Waals surface area contributed by atoms with E-state index >= 15 is 0 Å². The number of allylic oxidation sites excluding steroid dienone is 1. The third-order valence-corrected chi connectivity index (χ3v) is 3.56. The Kier molecular flexibility index (Phi) is 2.82. The van der Waals surface area contributed by atoms with Crippen LogP contribution in [0.4, 0.5) is 5.69 Å². The number of benzene rings is 1. The maximum Gasteiger partial charge on any atom is 0.218 e. The van der Waals surface area contributed by atoms with E-state index in [1.54, 1.807) is 18.7 Å². The number of aliphatic imine (C=N–C) groups is 1. The van der Waals surface area contributed by atoms with Gasteiger partial charge in [0.1, 0.15) is 5.69 Å². The highest BCUT2D eigenvalue weighted by molar-refractivity contribution is 6.21. The van der Waals surface area contributed by atoms with Crippen molar-refractivity contribution in [3.05, 3.63) is 41.1 Å². The van der Waals surface area contributed by atoms with Crippen molar-refractivity contribution in [1.82, 2.24) is 9.13 Å². The molecule has 0 saturated carbocycles. The average Bonchev–Trinajstić information content (AvgIpc) is 2.95. The van der Waals surface area contributed by atoms with Crippen LogP contribution in [0.5, 0.6) is 5.88 Å². The summed E-state index contributed by atoms with van der Waals surface area (Å²) in [7, 11) is 5.38. The fourth-order valence-electron chi connectivity index (χ4n) is 2.51. The Morgan fingerprint density at radius 2 is 1.95 bits per heavy atom. The minimum Gasteiger partial charge on any atom is -0.493 e. The molecule has 20 heavy (non-hydrogen) atoms. The number of rotatable bonds is 1. The summed E-state index contributed by atoms with van der Waals surface area (Å²) in [4.78, 5) is 8.54. The zero-order valence-corrected chi connectivity index (χ0v) is 11.7. The molecule has 5 nitrogen and oxygen atoms in total. The predicted molar refractivity (Wildman–Crippen MR) is 80.0 cm³/mol. The molecule has 0 bridgehead atoms. The number of hydrogen-bond donors (Lipinski definition) is 1. The van der Waals surface area contributed by atoms with E-state index in [1.807, 2.05) is 48.2 Å². The van der Waals surface area contributed by atoms with E-state index in [0.29, 0.717) is 11.3 Å². The first-order valence-corrected chi connectivity index (χ1v) is 6.36. The van der Waals surface area contributed by atoms with Crippen molar-refractivity contribution in [3.8, 4) is 5.88 Å². The molecule has 0 aliphatic carbocycles. The van der Waals surface area contributed by atoms with Gasteiger partial charge in [0.15, 0.2) is 0 Å². The maximum absolute atomic E-state index is 10.2. The van der Waals surface area contributed by atoms with Gasteiger partial charge in [-0.05, 0) is 12.1 Å². The minimum atomic E-state index is 0.193. The molecule has 2 heterocycles. The molecule has 1 aliphatic rings. The van der Waals surface area contributed by atoms with Crippen LogP contribution in [-0.4, -0.2) is 27.5 Å². The van der Waals surface area contributed by atoms with Crippen molar-refractivity contribution in [2.75, 3.05) is 7.05 Å². The van der Waals surface area contributed by atoms with Gasteiger partial charge in [0.25, 0.3) is 0 Å². The van der Waals surface area contributed by atoms with E-state index in [2.05, 4.69) is 9.98 Å². The molecule has 0 fully saturated rings. The summed E-state index contributed by atoms with van der Waals surface area (Å²) in [6.07, 6.45) is 3.75. The Balaban J connectivity index is 2.19. The zero-order chi connectivity index (χ0) is 14.3. The fraction of sp³-hybridized carbons (Fsp3) is 0.200. The smallest absolute Gasteiger partial charge is 0.218 e. The van der Waals surface area contributed by atoms with Crippen LogP contribution in [0.25, 0.3) is 11.6 Å². The number of para-hydroxylation sites is 1. The predicted octanol–water partition coefficient (Wildman–Crippen LogP) is 1.86. The Hall–Kier alpha value is -2.56. The van der Waals surface area contributed by atoms with E-state index in [0.717, 1.165) is 16.8 Å². The van der Waals surface area contributed by atoms with Crippen LogP contribution in [0, 0.1) is 0 Å². The van der Waals surface area contributed by atoms with Crippen molar-refractivity contribution in [3.63, 3.8) is 0 Å². The minimum absolute atomic E-state index is 0.193. The highest BCUT2D eigenvalue weighted by Crippen LogP contribution is 2.33. The number of aromatic hydroxyl groups is 1. The molecule has 0 spiro atoms. The van der Waals surface area contributed by atoms with Crippen molar-refractivity contribution >= 4 is 23.6 Å². The highest BCUT2D eigenvalue weighted by Gasteiger charge is 2.15. The number of imidazole rings is 1. The Bertz CT molecular complexity index is 806. The third kappa shape index (κ3) is 1.71. The van der Waals surface area contributed by atoms with E-state index in [9.17, 15) is 5.11 Å². The van der Waals surface area contributed by atoms with Crippen molar-refractivity contribution < 1.29 is 5.11 Å². The number of nitrogens with zero attached hydrogens (tertiary/aromatic N) is 4. The lowest BCUT2D eigenvalue weighted by atomic mass is 10.1. The molecular formula is C15H16N4O. The summed E-state index contributed by atoms with van der Waals surface area (Å²) in [6, 6.07) is 7.95. The van der Waals surface area contributed by atoms with Gasteiger partial charge in [0, 0.05) is 38.5 Å². The van der Waals surface area contributed by atoms with Gasteiger partial charge >= 0.3 is 0 Å².